The minimum Gasteiger partial charge on any atom is -0.305 e. The molecule has 0 N–H and O–H groups in total. The zero-order chi connectivity index (χ0) is 30.9. The monoisotopic (exact) mass is 764 g/mol. The molecule has 0 aliphatic heterocycles. The van der Waals surface area contributed by atoms with E-state index in [1.165, 1.54) is 62.8 Å². The van der Waals surface area contributed by atoms with Crippen LogP contribution < -0.4 is 5.19 Å². The van der Waals surface area contributed by atoms with E-state index >= 15 is 0 Å². The van der Waals surface area contributed by atoms with E-state index in [2.05, 4.69) is 79.2 Å². The van der Waals surface area contributed by atoms with Crippen LogP contribution >= 0.6 is 11.3 Å². The Morgan fingerprint density at radius 1 is 0.857 bits per heavy atom. The first-order chi connectivity index (χ1) is 21.1. The molecule has 215 valence electrons. The number of benzene rings is 3. The Morgan fingerprint density at radius 2 is 1.71 bits per heavy atom. The van der Waals surface area contributed by atoms with E-state index in [0.29, 0.717) is 5.92 Å². The number of fused-ring (bicyclic) bond motifs is 3. The summed E-state index contributed by atoms with van der Waals surface area (Å²) in [6.45, 7) is 5.16. The molecular weight excluding hydrogens is 725 g/mol. The molecule has 5 heteroatoms. The van der Waals surface area contributed by atoms with Gasteiger partial charge in [-0.25, -0.2) is 0 Å². The van der Waals surface area contributed by atoms with Gasteiger partial charge in [0.2, 0.25) is 0 Å². The largest absolute Gasteiger partial charge is 0.305 e. The summed E-state index contributed by atoms with van der Waals surface area (Å²) >= 11 is 1.90. The number of nitrogens with zero attached hydrogens (tertiary/aromatic N) is 2. The van der Waals surface area contributed by atoms with Crippen LogP contribution in [0, 0.1) is 19.0 Å². The van der Waals surface area contributed by atoms with Crippen molar-refractivity contribution in [1.29, 1.82) is 0 Å². The summed E-state index contributed by atoms with van der Waals surface area (Å²) in [7, 11) is -1.31. The molecule has 0 atom stereocenters. The molecule has 1 saturated carbocycles. The summed E-state index contributed by atoms with van der Waals surface area (Å²) in [6, 6.07) is 33.2. The van der Waals surface area contributed by atoms with Crippen LogP contribution in [0.25, 0.3) is 42.7 Å². The molecule has 3 heterocycles. The minimum atomic E-state index is -2.09. The van der Waals surface area contributed by atoms with Crippen molar-refractivity contribution in [2.24, 2.45) is 0 Å². The molecule has 6 aromatic rings. The maximum Gasteiger partial charge on any atom is 0.0776 e. The van der Waals surface area contributed by atoms with Crippen molar-refractivity contribution in [3.63, 3.8) is 0 Å². The summed E-state index contributed by atoms with van der Waals surface area (Å²) in [6.07, 6.45) is 8.74. The van der Waals surface area contributed by atoms with Gasteiger partial charge >= 0.3 is 0 Å². The Morgan fingerprint density at radius 3 is 2.43 bits per heavy atom. The second kappa shape index (κ2) is 13.1. The molecule has 1 aliphatic carbocycles. The van der Waals surface area contributed by atoms with Gasteiger partial charge < -0.3 is 9.97 Å². The van der Waals surface area contributed by atoms with Gasteiger partial charge in [0, 0.05) is 41.3 Å². The third kappa shape index (κ3) is 6.66. The molecule has 0 amide bonds. The van der Waals surface area contributed by atoms with E-state index in [1.807, 2.05) is 35.7 Å². The minimum absolute atomic E-state index is 0. The topological polar surface area (TPSA) is 25.8 Å². The number of aromatic nitrogens is 2. The fourth-order valence-corrected chi connectivity index (χ4v) is 8.11. The summed E-state index contributed by atoms with van der Waals surface area (Å²) in [5, 5.41) is 4.23. The van der Waals surface area contributed by atoms with Crippen LogP contribution in [-0.2, 0) is 20.1 Å². The first-order valence-electron chi connectivity index (χ1n) is 15.9. The Bertz CT molecular complexity index is 1890. The summed E-state index contributed by atoms with van der Waals surface area (Å²) in [4.78, 5) is 8.86. The molecule has 0 unspecified atom stereocenters. The zero-order valence-electron chi connectivity index (χ0n) is 27.2. The predicted molar refractivity (Wildman–Crippen MR) is 179 cm³/mol. The van der Waals surface area contributed by atoms with Crippen molar-refractivity contribution in [3.05, 3.63) is 115 Å². The fourth-order valence-electron chi connectivity index (χ4n) is 5.60. The van der Waals surface area contributed by atoms with Gasteiger partial charge in [-0.2, -0.15) is 11.3 Å². The molecule has 2 nitrogen and oxygen atoms in total. The van der Waals surface area contributed by atoms with Gasteiger partial charge in [-0.1, -0.05) is 79.0 Å². The van der Waals surface area contributed by atoms with Crippen LogP contribution in [-0.4, -0.2) is 18.0 Å². The van der Waals surface area contributed by atoms with Crippen molar-refractivity contribution >= 4 is 44.8 Å². The maximum absolute atomic E-state index is 7.23. The molecule has 3 aromatic carbocycles. The molecule has 0 bridgehead atoms. The van der Waals surface area contributed by atoms with E-state index < -0.39 is 14.9 Å². The van der Waals surface area contributed by atoms with E-state index in [1.54, 1.807) is 18.2 Å². The van der Waals surface area contributed by atoms with Crippen molar-refractivity contribution in [2.75, 3.05) is 0 Å². The zero-order valence-corrected chi connectivity index (χ0v) is 28.4. The number of hydrogen-bond donors (Lipinski definition) is 0. The number of thiophene rings is 1. The van der Waals surface area contributed by atoms with Gasteiger partial charge in [0.25, 0.3) is 0 Å². The van der Waals surface area contributed by atoms with Crippen molar-refractivity contribution in [1.82, 2.24) is 9.97 Å². The fraction of sp³-hybridized carbons (Fsp3) is 0.243. The van der Waals surface area contributed by atoms with Gasteiger partial charge in [-0.05, 0) is 64.8 Å². The van der Waals surface area contributed by atoms with Crippen LogP contribution in [0.15, 0.2) is 91.3 Å². The normalized spacial score (nSPS) is 14.9. The van der Waals surface area contributed by atoms with E-state index in [4.69, 9.17) is 9.10 Å². The summed E-state index contributed by atoms with van der Waals surface area (Å²) in [5.41, 5.74) is 5.54. The smallest absolute Gasteiger partial charge is 0.0776 e. The standard InChI is InChI=1S/C25H26NSSi.C12H10N.Ir/c1-28(2,3)19-11-12-20-21-9-6-10-22(25(21)27-24(20)16-19)23-15-18(13-14-26-23)17-7-4-5-8-17;1-10-7-8-12(13-9-10)11-5-3-2-4-6-11;/h6,9,11-17H,4-5,7-8H2,1-3H3;2-5,7-9H,1H3;/q2*-1;/i;1D3;. The number of pyridine rings is 2. The second-order valence-corrected chi connectivity index (χ2v) is 18.0. The second-order valence-electron chi connectivity index (χ2n) is 11.8. The third-order valence-electron chi connectivity index (χ3n) is 7.91. The Balaban J connectivity index is 0.000000202. The van der Waals surface area contributed by atoms with Crippen LogP contribution in [0.1, 0.15) is 46.8 Å². The summed E-state index contributed by atoms with van der Waals surface area (Å²) in [5.74, 6) is 0.711. The van der Waals surface area contributed by atoms with Crippen LogP contribution in [0.5, 0.6) is 0 Å². The summed E-state index contributed by atoms with van der Waals surface area (Å²) < 4.78 is 24.4. The van der Waals surface area contributed by atoms with Gasteiger partial charge in [-0.15, -0.1) is 59.7 Å². The first kappa shape index (κ1) is 26.7. The quantitative estimate of drug-likeness (QED) is 0.132. The number of hydrogen-bond acceptors (Lipinski definition) is 3. The van der Waals surface area contributed by atoms with Crippen LogP contribution in [0.2, 0.25) is 19.6 Å². The molecule has 3 aromatic heterocycles. The van der Waals surface area contributed by atoms with Crippen molar-refractivity contribution < 1.29 is 24.2 Å². The molecule has 1 radical (unpaired) electrons. The number of aryl methyl sites for hydroxylation is 1. The average Bonchev–Trinajstić information content (AvgIpc) is 3.69. The third-order valence-corrected chi connectivity index (χ3v) is 11.1. The van der Waals surface area contributed by atoms with Gasteiger partial charge in [0.1, 0.15) is 0 Å². The SMILES string of the molecule is C[Si](C)(C)c1ccc2c(c1)sc1c(-c3cc(C4CCCC4)ccn3)[c-]ccc12.[2H]C([2H])([2H])c1ccc(-c2[c-]cccc2)nc1.[Ir]. The van der Waals surface area contributed by atoms with Gasteiger partial charge in [0.15, 0.2) is 0 Å². The van der Waals surface area contributed by atoms with E-state index in [0.717, 1.165) is 22.5 Å². The molecule has 42 heavy (non-hydrogen) atoms. The molecule has 0 saturated heterocycles. The van der Waals surface area contributed by atoms with Gasteiger partial charge in [-0.3, -0.25) is 0 Å². The molecule has 1 aliphatic rings. The molecule has 1 fully saturated rings. The Hall–Kier alpha value is -2.95. The first-order valence-corrected chi connectivity index (χ1v) is 18.7. The Kier molecular flexibility index (Phi) is 8.34. The maximum atomic E-state index is 7.23. The molecule has 0 spiro atoms. The molecule has 7 rings (SSSR count). The molecular formula is C37H36IrN2SSi-2. The van der Waals surface area contributed by atoms with E-state index in [9.17, 15) is 0 Å². The van der Waals surface area contributed by atoms with Crippen molar-refractivity contribution in [2.45, 2.75) is 58.1 Å². The van der Waals surface area contributed by atoms with E-state index in [-0.39, 0.29) is 25.7 Å². The Labute approximate surface area is 272 Å². The van der Waals surface area contributed by atoms with Gasteiger partial charge in [0.05, 0.1) is 8.07 Å². The van der Waals surface area contributed by atoms with Crippen molar-refractivity contribution in [3.8, 4) is 22.5 Å². The van der Waals surface area contributed by atoms with Crippen LogP contribution in [0.4, 0.5) is 0 Å². The number of rotatable bonds is 4. The predicted octanol–water partition coefficient (Wildman–Crippen LogP) is 9.97. The average molecular weight is 764 g/mol. The van der Waals surface area contributed by atoms with Crippen LogP contribution in [0.3, 0.4) is 0 Å².